The molecular weight excluding hydrogens is 399 g/mol. The van der Waals surface area contributed by atoms with E-state index in [0.29, 0.717) is 0 Å². The average Bonchev–Trinajstić information content (AvgIpc) is 2.62. The van der Waals surface area contributed by atoms with Crippen LogP contribution in [0.4, 0.5) is 0 Å². The number of hydrogen-bond donors (Lipinski definition) is 1. The Morgan fingerprint density at radius 3 is 1.79 bits per heavy atom. The Bertz CT molecular complexity index is 433. The van der Waals surface area contributed by atoms with Gasteiger partial charge in [-0.2, -0.15) is 0 Å². The van der Waals surface area contributed by atoms with Crippen molar-refractivity contribution in [2.24, 2.45) is 0 Å². The van der Waals surface area contributed by atoms with Gasteiger partial charge in [0.25, 0.3) is 0 Å². The molecule has 1 rings (SSSR count). The summed E-state index contributed by atoms with van der Waals surface area (Å²) in [5.41, 5.74) is 1.04. The standard InChI is InChI=1S/C10H11O.3C4H9.Sn/c1-2-6-10(11)9-7-4-3-5-8-9;3*1-3-4-2;/h3-5,7-8,10-11H,1,6H2;3*1,3-4H2,2H3;. The third kappa shape index (κ3) is 6.91. The molecule has 0 radical (unpaired) electrons. The van der Waals surface area contributed by atoms with Crippen molar-refractivity contribution in [1.82, 2.24) is 0 Å². The van der Waals surface area contributed by atoms with Crippen molar-refractivity contribution in [2.75, 3.05) is 0 Å². The summed E-state index contributed by atoms with van der Waals surface area (Å²) >= 11 is -2.40. The molecule has 0 bridgehead atoms. The number of aliphatic hydroxyl groups excluding tert-OH is 1. The summed E-state index contributed by atoms with van der Waals surface area (Å²) in [4.78, 5) is 0. The van der Waals surface area contributed by atoms with Gasteiger partial charge in [-0.15, -0.1) is 0 Å². The summed E-state index contributed by atoms with van der Waals surface area (Å²) < 4.78 is 5.79. The summed E-state index contributed by atoms with van der Waals surface area (Å²) in [6.45, 7) is 11.5. The molecule has 136 valence electrons. The Labute approximate surface area is 154 Å². The molecule has 0 saturated heterocycles. The van der Waals surface area contributed by atoms with Crippen LogP contribution in [0, 0.1) is 0 Å². The van der Waals surface area contributed by atoms with Crippen LogP contribution >= 0.6 is 0 Å². The van der Waals surface area contributed by atoms with E-state index in [2.05, 4.69) is 27.4 Å². The number of hydrogen-bond acceptors (Lipinski definition) is 1. The van der Waals surface area contributed by atoms with Crippen LogP contribution in [0.3, 0.4) is 0 Å². The Morgan fingerprint density at radius 1 is 0.917 bits per heavy atom. The monoisotopic (exact) mass is 438 g/mol. The van der Waals surface area contributed by atoms with E-state index < -0.39 is 18.4 Å². The first kappa shape index (κ1) is 21.8. The van der Waals surface area contributed by atoms with E-state index in [-0.39, 0.29) is 6.10 Å². The van der Waals surface area contributed by atoms with E-state index in [0.717, 1.165) is 12.0 Å². The minimum absolute atomic E-state index is 0.375. The second-order valence-electron chi connectivity index (χ2n) is 7.33. The molecule has 1 nitrogen and oxygen atoms in total. The molecule has 24 heavy (non-hydrogen) atoms. The summed E-state index contributed by atoms with van der Waals surface area (Å²) in [5, 5.41) is 10.7. The molecule has 0 heterocycles. The first-order valence-electron chi connectivity index (χ1n) is 10.0. The molecule has 1 N–H and O–H groups in total. The molecule has 0 spiro atoms. The van der Waals surface area contributed by atoms with E-state index in [4.69, 9.17) is 0 Å². The van der Waals surface area contributed by atoms with Gasteiger partial charge in [-0.1, -0.05) is 0 Å². The van der Waals surface area contributed by atoms with Gasteiger partial charge in [0.05, 0.1) is 0 Å². The molecule has 1 aromatic rings. The summed E-state index contributed by atoms with van der Waals surface area (Å²) in [6, 6.07) is 10.1. The predicted molar refractivity (Wildman–Crippen MR) is 110 cm³/mol. The fraction of sp³-hybridized carbons (Fsp3) is 0.636. The Kier molecular flexibility index (Phi) is 11.0. The Balaban J connectivity index is 2.90. The van der Waals surface area contributed by atoms with Gasteiger partial charge in [0.2, 0.25) is 0 Å². The van der Waals surface area contributed by atoms with Crippen molar-refractivity contribution in [3.8, 4) is 0 Å². The van der Waals surface area contributed by atoms with E-state index in [1.165, 1.54) is 55.4 Å². The van der Waals surface area contributed by atoms with Gasteiger partial charge >= 0.3 is 155 Å². The van der Waals surface area contributed by atoms with Crippen molar-refractivity contribution >= 4 is 18.4 Å². The zero-order chi connectivity index (χ0) is 17.8. The molecule has 0 aliphatic carbocycles. The first-order chi connectivity index (χ1) is 11.6. The van der Waals surface area contributed by atoms with Crippen molar-refractivity contribution < 1.29 is 5.11 Å². The maximum absolute atomic E-state index is 10.7. The van der Waals surface area contributed by atoms with Crippen LogP contribution in [0.1, 0.15) is 77.4 Å². The van der Waals surface area contributed by atoms with Gasteiger partial charge in [0, 0.05) is 0 Å². The molecule has 0 saturated carbocycles. The van der Waals surface area contributed by atoms with Crippen molar-refractivity contribution in [3.63, 3.8) is 0 Å². The molecule has 0 aromatic heterocycles. The zero-order valence-electron chi connectivity index (χ0n) is 16.2. The molecular formula is C22H38OSn. The first-order valence-corrected chi connectivity index (χ1v) is 17.5. The van der Waals surface area contributed by atoms with Gasteiger partial charge < -0.3 is 0 Å². The van der Waals surface area contributed by atoms with E-state index in [9.17, 15) is 5.11 Å². The second kappa shape index (κ2) is 12.1. The van der Waals surface area contributed by atoms with E-state index >= 15 is 0 Å². The molecule has 1 atom stereocenters. The molecule has 1 aromatic carbocycles. The van der Waals surface area contributed by atoms with Crippen LogP contribution in [-0.4, -0.2) is 23.5 Å². The van der Waals surface area contributed by atoms with Crippen LogP contribution in [0.2, 0.25) is 13.3 Å². The Morgan fingerprint density at radius 2 is 1.38 bits per heavy atom. The average molecular weight is 437 g/mol. The second-order valence-corrected chi connectivity index (χ2v) is 20.9. The van der Waals surface area contributed by atoms with Crippen molar-refractivity contribution in [3.05, 3.63) is 46.1 Å². The molecule has 0 aliphatic rings. The minimum atomic E-state index is -2.40. The normalized spacial score (nSPS) is 13.0. The van der Waals surface area contributed by atoms with E-state index in [1.54, 1.807) is 0 Å². The summed E-state index contributed by atoms with van der Waals surface area (Å²) in [5.74, 6) is 0. The van der Waals surface area contributed by atoms with Gasteiger partial charge in [-0.3, -0.25) is 0 Å². The predicted octanol–water partition coefficient (Wildman–Crippen LogP) is 7.05. The summed E-state index contributed by atoms with van der Waals surface area (Å²) in [6.07, 6.45) is 8.32. The Hall–Kier alpha value is -0.281. The number of rotatable bonds is 13. The SMILES string of the molecule is C=[C](CC(O)c1ccccc1)[Sn]([CH2]CCC)([CH2]CCC)[CH2]CCC. The van der Waals surface area contributed by atoms with E-state index in [1.807, 2.05) is 30.3 Å². The van der Waals surface area contributed by atoms with Gasteiger partial charge in [0.1, 0.15) is 0 Å². The van der Waals surface area contributed by atoms with Crippen LogP contribution < -0.4 is 0 Å². The third-order valence-corrected chi connectivity index (χ3v) is 21.5. The van der Waals surface area contributed by atoms with Gasteiger partial charge in [-0.25, -0.2) is 0 Å². The summed E-state index contributed by atoms with van der Waals surface area (Å²) in [7, 11) is 0. The van der Waals surface area contributed by atoms with Crippen LogP contribution in [0.25, 0.3) is 0 Å². The van der Waals surface area contributed by atoms with Gasteiger partial charge in [-0.05, 0) is 0 Å². The van der Waals surface area contributed by atoms with Crippen molar-refractivity contribution in [2.45, 2.75) is 85.1 Å². The molecule has 0 amide bonds. The molecule has 0 fully saturated rings. The zero-order valence-corrected chi connectivity index (χ0v) is 19.0. The van der Waals surface area contributed by atoms with Crippen LogP contribution in [0.15, 0.2) is 40.5 Å². The third-order valence-electron chi connectivity index (χ3n) is 5.40. The molecule has 0 aliphatic heterocycles. The van der Waals surface area contributed by atoms with Gasteiger partial charge in [0.15, 0.2) is 0 Å². The van der Waals surface area contributed by atoms with Crippen LogP contribution in [-0.2, 0) is 0 Å². The number of benzene rings is 1. The topological polar surface area (TPSA) is 20.2 Å². The fourth-order valence-corrected chi connectivity index (χ4v) is 19.5. The van der Waals surface area contributed by atoms with Crippen molar-refractivity contribution in [1.29, 1.82) is 0 Å². The van der Waals surface area contributed by atoms with Crippen LogP contribution in [0.5, 0.6) is 0 Å². The molecule has 2 heteroatoms. The number of unbranched alkanes of at least 4 members (excludes halogenated alkanes) is 3. The molecule has 1 unspecified atom stereocenters. The maximum atomic E-state index is 10.7. The fourth-order valence-electron chi connectivity index (χ4n) is 3.69. The quantitative estimate of drug-likeness (QED) is 0.328. The number of aliphatic hydroxyl groups is 1.